The molecule has 0 bridgehead atoms. The van der Waals surface area contributed by atoms with Crippen LogP contribution in [0.2, 0.25) is 0 Å². The molecule has 1 fully saturated rings. The van der Waals surface area contributed by atoms with Gasteiger partial charge in [0.15, 0.2) is 6.61 Å². The second kappa shape index (κ2) is 9.25. The summed E-state index contributed by atoms with van der Waals surface area (Å²) in [6.45, 7) is 2.23. The van der Waals surface area contributed by atoms with E-state index >= 15 is 0 Å². The highest BCUT2D eigenvalue weighted by atomic mass is 79.9. The number of nitrogens with two attached hydrogens (primary N) is 1. The molecule has 1 heterocycles. The maximum Gasteiger partial charge on any atom is 0.255 e. The van der Waals surface area contributed by atoms with Crippen LogP contribution in [-0.4, -0.2) is 31.8 Å². The molecular weight excluding hydrogens is 360 g/mol. The summed E-state index contributed by atoms with van der Waals surface area (Å²) >= 11 is 3.43. The predicted molar refractivity (Wildman–Crippen MR) is 79.5 cm³/mol. The number of nitrogens with one attached hydrogen (secondary N) is 1. The maximum absolute atomic E-state index is 10.8. The molecule has 118 valence electrons. The molecule has 0 saturated carbocycles. The fourth-order valence-electron chi connectivity index (χ4n) is 2.15. The van der Waals surface area contributed by atoms with Crippen molar-refractivity contribution >= 4 is 21.8 Å². The molecule has 2 rings (SSSR count). The van der Waals surface area contributed by atoms with Crippen LogP contribution in [0.3, 0.4) is 0 Å². The van der Waals surface area contributed by atoms with Crippen molar-refractivity contribution in [3.05, 3.63) is 28.2 Å². The van der Waals surface area contributed by atoms with Crippen molar-refractivity contribution in [1.29, 1.82) is 0 Å². The molecule has 1 aliphatic heterocycles. The number of amides is 1. The Morgan fingerprint density at radius 3 is 3.00 bits per heavy atom. The summed E-state index contributed by atoms with van der Waals surface area (Å²) in [5.74, 6) is 0.193. The molecule has 21 heavy (non-hydrogen) atoms. The Balaban J connectivity index is 0.00000220. The lowest BCUT2D eigenvalue weighted by Gasteiger charge is -2.14. The Morgan fingerprint density at radius 1 is 1.52 bits per heavy atom. The van der Waals surface area contributed by atoms with E-state index in [1.807, 2.05) is 18.2 Å². The molecule has 0 radical (unpaired) electrons. The van der Waals surface area contributed by atoms with Crippen LogP contribution in [0.25, 0.3) is 0 Å². The molecule has 0 aliphatic carbocycles. The predicted octanol–water partition coefficient (Wildman–Crippen LogP) is -1.41. The molecule has 0 aromatic heterocycles. The van der Waals surface area contributed by atoms with Gasteiger partial charge in [0.25, 0.3) is 5.91 Å². The highest BCUT2D eigenvalue weighted by Crippen LogP contribution is 2.23. The van der Waals surface area contributed by atoms with Crippen LogP contribution in [0.5, 0.6) is 5.75 Å². The molecule has 1 amide bonds. The van der Waals surface area contributed by atoms with E-state index < -0.39 is 5.91 Å². The number of hydrogen-bond acceptors (Lipinski definition) is 4. The summed E-state index contributed by atoms with van der Waals surface area (Å²) in [5, 5.41) is 3.36. The van der Waals surface area contributed by atoms with Crippen LogP contribution in [0, 0.1) is 0 Å². The Bertz CT molecular complexity index is 468. The van der Waals surface area contributed by atoms with Crippen molar-refractivity contribution in [1.82, 2.24) is 5.32 Å². The molecule has 1 saturated heterocycles. The van der Waals surface area contributed by atoms with Gasteiger partial charge in [0.1, 0.15) is 5.75 Å². The maximum atomic E-state index is 10.8. The third-order valence-corrected chi connectivity index (χ3v) is 3.60. The fourth-order valence-corrected chi connectivity index (χ4v) is 2.56. The number of carbonyl (C=O) groups excluding carboxylic acids is 1. The lowest BCUT2D eigenvalue weighted by atomic mass is 10.2. The normalized spacial score (nSPS) is 17.3. The van der Waals surface area contributed by atoms with E-state index in [-0.39, 0.29) is 19.0 Å². The number of benzene rings is 1. The van der Waals surface area contributed by atoms with Gasteiger partial charge in [0, 0.05) is 29.7 Å². The summed E-state index contributed by atoms with van der Waals surface area (Å²) < 4.78 is 11.9. The SMILES string of the molecule is NC(=O)COc1ccc(Br)cc1CNCC1CCCO1.[Cl-]. The minimum Gasteiger partial charge on any atom is -1.00 e. The van der Waals surface area contributed by atoms with Crippen LogP contribution >= 0.6 is 15.9 Å². The first kappa shape index (κ1) is 18.2. The van der Waals surface area contributed by atoms with Gasteiger partial charge in [-0.05, 0) is 31.0 Å². The molecule has 0 spiro atoms. The van der Waals surface area contributed by atoms with Gasteiger partial charge in [0.05, 0.1) is 6.10 Å². The molecule has 1 aromatic carbocycles. The zero-order valence-electron chi connectivity index (χ0n) is 11.6. The first-order valence-corrected chi connectivity index (χ1v) is 7.46. The van der Waals surface area contributed by atoms with Crippen LogP contribution in [0.15, 0.2) is 22.7 Å². The van der Waals surface area contributed by atoms with Crippen LogP contribution in [0.4, 0.5) is 0 Å². The van der Waals surface area contributed by atoms with Gasteiger partial charge in [-0.25, -0.2) is 0 Å². The first-order chi connectivity index (χ1) is 9.65. The molecule has 7 heteroatoms. The third kappa shape index (κ3) is 6.22. The zero-order chi connectivity index (χ0) is 14.4. The number of hydrogen-bond donors (Lipinski definition) is 2. The van der Waals surface area contributed by atoms with E-state index in [9.17, 15) is 4.79 Å². The van der Waals surface area contributed by atoms with Crippen molar-refractivity contribution in [3.8, 4) is 5.75 Å². The van der Waals surface area contributed by atoms with Crippen LogP contribution < -0.4 is 28.2 Å². The van der Waals surface area contributed by atoms with Gasteiger partial charge >= 0.3 is 0 Å². The van der Waals surface area contributed by atoms with E-state index in [2.05, 4.69) is 21.2 Å². The quantitative estimate of drug-likeness (QED) is 0.611. The lowest BCUT2D eigenvalue weighted by Crippen LogP contribution is -3.00. The van der Waals surface area contributed by atoms with Crippen molar-refractivity contribution < 1.29 is 26.7 Å². The van der Waals surface area contributed by atoms with E-state index in [4.69, 9.17) is 15.2 Å². The second-order valence-electron chi connectivity index (χ2n) is 4.77. The average Bonchev–Trinajstić information content (AvgIpc) is 2.91. The molecular formula is C14H19BrClN2O3-. The Kier molecular flexibility index (Phi) is 8.03. The van der Waals surface area contributed by atoms with Gasteiger partial charge in [-0.15, -0.1) is 0 Å². The number of carbonyl (C=O) groups is 1. The molecule has 1 aromatic rings. The lowest BCUT2D eigenvalue weighted by molar-refractivity contribution is -0.119. The summed E-state index contributed by atoms with van der Waals surface area (Å²) in [6, 6.07) is 5.68. The van der Waals surface area contributed by atoms with Crippen molar-refractivity contribution in [2.45, 2.75) is 25.5 Å². The second-order valence-corrected chi connectivity index (χ2v) is 5.69. The molecule has 1 aliphatic rings. The Morgan fingerprint density at radius 2 is 2.33 bits per heavy atom. The van der Waals surface area contributed by atoms with Crippen LogP contribution in [-0.2, 0) is 16.1 Å². The molecule has 5 nitrogen and oxygen atoms in total. The van der Waals surface area contributed by atoms with E-state index in [0.717, 1.165) is 36.0 Å². The smallest absolute Gasteiger partial charge is 0.255 e. The number of halogens is 2. The van der Waals surface area contributed by atoms with Gasteiger partial charge in [-0.1, -0.05) is 15.9 Å². The first-order valence-electron chi connectivity index (χ1n) is 6.67. The van der Waals surface area contributed by atoms with E-state index in [0.29, 0.717) is 18.4 Å². The van der Waals surface area contributed by atoms with Gasteiger partial charge in [-0.3, -0.25) is 4.79 Å². The number of rotatable bonds is 7. The standard InChI is InChI=1S/C14H19BrN2O3.ClH/c15-11-3-4-13(20-9-14(16)18)10(6-11)7-17-8-12-2-1-5-19-12;/h3-4,6,12,17H,1-2,5,7-9H2,(H2,16,18);1H/p-1. The van der Waals surface area contributed by atoms with Crippen LogP contribution in [0.1, 0.15) is 18.4 Å². The summed E-state index contributed by atoms with van der Waals surface area (Å²) in [5.41, 5.74) is 6.08. The van der Waals surface area contributed by atoms with Gasteiger partial charge in [-0.2, -0.15) is 0 Å². The summed E-state index contributed by atoms with van der Waals surface area (Å²) in [4.78, 5) is 10.8. The minimum atomic E-state index is -0.480. The van der Waals surface area contributed by atoms with E-state index in [1.165, 1.54) is 0 Å². The fraction of sp³-hybridized carbons (Fsp3) is 0.500. The number of ether oxygens (including phenoxy) is 2. The minimum absolute atomic E-state index is 0. The van der Waals surface area contributed by atoms with Crippen molar-refractivity contribution in [2.75, 3.05) is 19.8 Å². The highest BCUT2D eigenvalue weighted by molar-refractivity contribution is 9.10. The Labute approximate surface area is 139 Å². The van der Waals surface area contributed by atoms with Gasteiger partial charge < -0.3 is 32.9 Å². The molecule has 1 unspecified atom stereocenters. The molecule has 3 N–H and O–H groups in total. The number of primary amides is 1. The third-order valence-electron chi connectivity index (χ3n) is 3.10. The summed E-state index contributed by atoms with van der Waals surface area (Å²) in [7, 11) is 0. The summed E-state index contributed by atoms with van der Waals surface area (Å²) in [6.07, 6.45) is 2.55. The monoisotopic (exact) mass is 377 g/mol. The van der Waals surface area contributed by atoms with E-state index in [1.54, 1.807) is 0 Å². The molecule has 1 atom stereocenters. The Hall–Kier alpha value is -0.820. The van der Waals surface area contributed by atoms with Crippen molar-refractivity contribution in [3.63, 3.8) is 0 Å². The van der Waals surface area contributed by atoms with Gasteiger partial charge in [0.2, 0.25) is 0 Å². The van der Waals surface area contributed by atoms with Crippen molar-refractivity contribution in [2.24, 2.45) is 5.73 Å². The zero-order valence-corrected chi connectivity index (χ0v) is 14.0. The highest BCUT2D eigenvalue weighted by Gasteiger charge is 2.15. The average molecular weight is 379 g/mol. The topological polar surface area (TPSA) is 73.6 Å². The largest absolute Gasteiger partial charge is 1.00 e.